The molecule has 1 atom stereocenters. The molecule has 30 heavy (non-hydrogen) atoms. The van der Waals surface area contributed by atoms with E-state index in [1.807, 2.05) is 30.3 Å². The second kappa shape index (κ2) is 9.23. The Morgan fingerprint density at radius 3 is 2.67 bits per heavy atom. The zero-order chi connectivity index (χ0) is 20.9. The van der Waals surface area contributed by atoms with Gasteiger partial charge >= 0.3 is 0 Å². The number of aromatic nitrogens is 1. The summed E-state index contributed by atoms with van der Waals surface area (Å²) in [5.74, 6) is 0.379. The number of ether oxygens (including phenoxy) is 1. The van der Waals surface area contributed by atoms with Crippen molar-refractivity contribution in [3.05, 3.63) is 54.2 Å². The molecule has 158 valence electrons. The third kappa shape index (κ3) is 4.60. The summed E-state index contributed by atoms with van der Waals surface area (Å²) in [6.07, 6.45) is 0.803. The van der Waals surface area contributed by atoms with Crippen LogP contribution in [0.4, 0.5) is 5.82 Å². The minimum Gasteiger partial charge on any atom is -0.472 e. The molecule has 1 unspecified atom stereocenters. The molecular formula is C22H27N5O3. The average molecular weight is 409 g/mol. The summed E-state index contributed by atoms with van der Waals surface area (Å²) in [5, 5.41) is 2.94. The molecule has 4 rings (SSSR count). The van der Waals surface area contributed by atoms with Gasteiger partial charge in [-0.25, -0.2) is 4.98 Å². The van der Waals surface area contributed by atoms with E-state index < -0.39 is 6.10 Å². The first-order valence-corrected chi connectivity index (χ1v) is 10.3. The van der Waals surface area contributed by atoms with Gasteiger partial charge in [-0.05, 0) is 19.2 Å². The highest BCUT2D eigenvalue weighted by molar-refractivity contribution is 6.03. The number of piperazine rings is 1. The van der Waals surface area contributed by atoms with Crippen LogP contribution in [0.1, 0.15) is 11.7 Å². The summed E-state index contributed by atoms with van der Waals surface area (Å²) in [5.41, 5.74) is 0.748. The van der Waals surface area contributed by atoms with Crippen molar-refractivity contribution < 1.29 is 14.3 Å². The van der Waals surface area contributed by atoms with Crippen LogP contribution in [0.25, 0.3) is 0 Å². The number of likely N-dealkylation sites (N-methyl/N-ethyl adjacent to an activating group) is 1. The van der Waals surface area contributed by atoms with Gasteiger partial charge in [0.05, 0.1) is 0 Å². The number of hydrogen-bond acceptors (Lipinski definition) is 6. The first kappa shape index (κ1) is 20.3. The lowest BCUT2D eigenvalue weighted by atomic mass is 10.1. The summed E-state index contributed by atoms with van der Waals surface area (Å²) >= 11 is 0. The lowest BCUT2D eigenvalue weighted by Gasteiger charge is -2.33. The molecule has 2 amide bonds. The topological polar surface area (TPSA) is 78.0 Å². The Balaban J connectivity index is 1.40. The Labute approximate surface area is 176 Å². The number of nitrogens with zero attached hydrogens (tertiary/aromatic N) is 4. The van der Waals surface area contributed by atoms with Gasteiger partial charge in [0.25, 0.3) is 5.91 Å². The van der Waals surface area contributed by atoms with E-state index in [1.165, 1.54) is 4.90 Å². The van der Waals surface area contributed by atoms with Crippen LogP contribution in [-0.4, -0.2) is 79.5 Å². The minimum atomic E-state index is -0.791. The van der Waals surface area contributed by atoms with Crippen molar-refractivity contribution in [2.45, 2.75) is 6.10 Å². The summed E-state index contributed by atoms with van der Waals surface area (Å²) < 4.78 is 5.92. The summed E-state index contributed by atoms with van der Waals surface area (Å²) in [6.45, 7) is 5.36. The molecule has 0 radical (unpaired) electrons. The van der Waals surface area contributed by atoms with E-state index in [9.17, 15) is 9.59 Å². The van der Waals surface area contributed by atoms with E-state index in [4.69, 9.17) is 4.74 Å². The van der Waals surface area contributed by atoms with Crippen molar-refractivity contribution >= 4 is 17.6 Å². The molecule has 1 N–H and O–H groups in total. The van der Waals surface area contributed by atoms with Crippen molar-refractivity contribution in [3.8, 4) is 5.75 Å². The van der Waals surface area contributed by atoms with Gasteiger partial charge in [0.15, 0.2) is 11.6 Å². The molecule has 1 aromatic heterocycles. The number of amides is 2. The normalized spacial score (nSPS) is 19.8. The van der Waals surface area contributed by atoms with Gasteiger partial charge in [-0.15, -0.1) is 0 Å². The Kier molecular flexibility index (Phi) is 6.25. The second-order valence-electron chi connectivity index (χ2n) is 7.65. The minimum absolute atomic E-state index is 0.0850. The monoisotopic (exact) mass is 409 g/mol. The molecule has 2 aliphatic heterocycles. The van der Waals surface area contributed by atoms with Crippen molar-refractivity contribution in [2.24, 2.45) is 0 Å². The van der Waals surface area contributed by atoms with Gasteiger partial charge in [0.2, 0.25) is 12.0 Å². The maximum absolute atomic E-state index is 13.1. The Bertz CT molecular complexity index is 883. The van der Waals surface area contributed by atoms with Crippen LogP contribution in [0, 0.1) is 0 Å². The number of benzene rings is 1. The fourth-order valence-electron chi connectivity index (χ4n) is 3.72. The zero-order valence-corrected chi connectivity index (χ0v) is 17.2. The highest BCUT2D eigenvalue weighted by Gasteiger charge is 2.37. The number of pyridine rings is 1. The average Bonchev–Trinajstić information content (AvgIpc) is 2.77. The summed E-state index contributed by atoms with van der Waals surface area (Å²) in [7, 11) is 2.12. The fourth-order valence-corrected chi connectivity index (χ4v) is 3.72. The van der Waals surface area contributed by atoms with Crippen LogP contribution in [0.15, 0.2) is 48.7 Å². The number of fused-ring (bicyclic) bond motifs is 1. The molecule has 0 bridgehead atoms. The first-order valence-electron chi connectivity index (χ1n) is 10.3. The fraction of sp³-hybridized carbons (Fsp3) is 0.409. The molecule has 1 aromatic carbocycles. The van der Waals surface area contributed by atoms with Crippen LogP contribution in [0.3, 0.4) is 0 Å². The number of rotatable bonds is 6. The number of carbonyl (C=O) groups excluding carboxylic acids is 2. The van der Waals surface area contributed by atoms with Crippen LogP contribution in [-0.2, 0) is 9.59 Å². The SMILES string of the molecule is CN1CCN(CCNC(=O)CN2C(=O)C(c3ccccc3)Oc3cccnc32)CC1. The molecule has 0 spiro atoms. The van der Waals surface area contributed by atoms with Crippen molar-refractivity contribution in [1.29, 1.82) is 0 Å². The van der Waals surface area contributed by atoms with E-state index >= 15 is 0 Å². The molecule has 8 heteroatoms. The molecule has 1 saturated heterocycles. The van der Waals surface area contributed by atoms with Gasteiger partial charge in [-0.1, -0.05) is 30.3 Å². The van der Waals surface area contributed by atoms with E-state index in [-0.39, 0.29) is 18.4 Å². The van der Waals surface area contributed by atoms with E-state index in [1.54, 1.807) is 18.3 Å². The van der Waals surface area contributed by atoms with Crippen molar-refractivity contribution in [3.63, 3.8) is 0 Å². The lowest BCUT2D eigenvalue weighted by molar-refractivity contribution is -0.129. The summed E-state index contributed by atoms with van der Waals surface area (Å²) in [6, 6.07) is 12.8. The maximum Gasteiger partial charge on any atom is 0.274 e. The number of anilines is 1. The Morgan fingerprint density at radius 1 is 1.13 bits per heavy atom. The standard InChI is InChI=1S/C22H27N5O3/c1-25-12-14-26(15-13-25)11-10-23-19(28)16-27-21-18(8-5-9-24-21)30-20(22(27)29)17-6-3-2-4-7-17/h2-9,20H,10-16H2,1H3,(H,23,28). The van der Waals surface area contributed by atoms with Crippen molar-refractivity contribution in [1.82, 2.24) is 20.1 Å². The molecular weight excluding hydrogens is 382 g/mol. The molecule has 0 saturated carbocycles. The smallest absolute Gasteiger partial charge is 0.274 e. The molecule has 3 heterocycles. The van der Waals surface area contributed by atoms with Crippen LogP contribution in [0.2, 0.25) is 0 Å². The molecule has 1 fully saturated rings. The van der Waals surface area contributed by atoms with Crippen LogP contribution >= 0.6 is 0 Å². The third-order valence-electron chi connectivity index (χ3n) is 5.49. The van der Waals surface area contributed by atoms with Gasteiger partial charge < -0.3 is 15.0 Å². The first-order chi connectivity index (χ1) is 14.6. The zero-order valence-electron chi connectivity index (χ0n) is 17.2. The van der Waals surface area contributed by atoms with Gasteiger partial charge in [0.1, 0.15) is 6.54 Å². The predicted octanol–water partition coefficient (Wildman–Crippen LogP) is 0.912. The number of nitrogens with one attached hydrogen (secondary N) is 1. The molecule has 2 aromatic rings. The van der Waals surface area contributed by atoms with E-state index in [2.05, 4.69) is 27.1 Å². The van der Waals surface area contributed by atoms with E-state index in [0.717, 1.165) is 38.3 Å². The van der Waals surface area contributed by atoms with Crippen LogP contribution < -0.4 is 15.0 Å². The lowest BCUT2D eigenvalue weighted by Crippen LogP contribution is -2.49. The summed E-state index contributed by atoms with van der Waals surface area (Å²) in [4.78, 5) is 36.1. The Hall–Kier alpha value is -2.97. The molecule has 2 aliphatic rings. The molecule has 0 aliphatic carbocycles. The highest BCUT2D eigenvalue weighted by atomic mass is 16.5. The maximum atomic E-state index is 13.1. The van der Waals surface area contributed by atoms with Gasteiger partial charge in [0, 0.05) is 51.0 Å². The largest absolute Gasteiger partial charge is 0.472 e. The quantitative estimate of drug-likeness (QED) is 0.764. The van der Waals surface area contributed by atoms with Gasteiger partial charge in [-0.3, -0.25) is 19.4 Å². The van der Waals surface area contributed by atoms with Crippen molar-refractivity contribution in [2.75, 3.05) is 57.8 Å². The predicted molar refractivity (Wildman–Crippen MR) is 113 cm³/mol. The van der Waals surface area contributed by atoms with E-state index in [0.29, 0.717) is 18.1 Å². The number of hydrogen-bond donors (Lipinski definition) is 1. The third-order valence-corrected chi connectivity index (χ3v) is 5.49. The number of carbonyl (C=O) groups is 2. The second-order valence-corrected chi connectivity index (χ2v) is 7.65. The molecule has 8 nitrogen and oxygen atoms in total. The van der Waals surface area contributed by atoms with Crippen LogP contribution in [0.5, 0.6) is 5.75 Å². The van der Waals surface area contributed by atoms with Gasteiger partial charge in [-0.2, -0.15) is 0 Å². The highest BCUT2D eigenvalue weighted by Crippen LogP contribution is 2.36. The Morgan fingerprint density at radius 2 is 1.90 bits per heavy atom.